The summed E-state index contributed by atoms with van der Waals surface area (Å²) in [6, 6.07) is 2.64. The van der Waals surface area contributed by atoms with E-state index in [4.69, 9.17) is 17.2 Å². The zero-order chi connectivity index (χ0) is 23.4. The van der Waals surface area contributed by atoms with Crippen molar-refractivity contribution in [2.24, 2.45) is 17.2 Å². The third kappa shape index (κ3) is 9.92. The molecular formula is C20H31N5O6. The fourth-order valence-electron chi connectivity index (χ4n) is 2.81. The van der Waals surface area contributed by atoms with Crippen LogP contribution in [0.5, 0.6) is 5.75 Å². The summed E-state index contributed by atoms with van der Waals surface area (Å²) in [5.41, 5.74) is 16.9. The van der Waals surface area contributed by atoms with Gasteiger partial charge in [0.15, 0.2) is 0 Å². The number of hydrogen-bond donors (Lipinski definition) is 7. The lowest BCUT2D eigenvalue weighted by atomic mass is 10.0. The zero-order valence-electron chi connectivity index (χ0n) is 17.3. The van der Waals surface area contributed by atoms with Gasteiger partial charge in [0.05, 0.1) is 6.04 Å². The maximum absolute atomic E-state index is 12.7. The number of nitrogens with two attached hydrogens (primary N) is 3. The topological polar surface area (TPSA) is 211 Å². The summed E-state index contributed by atoms with van der Waals surface area (Å²) < 4.78 is 0. The Balaban J connectivity index is 2.83. The molecule has 31 heavy (non-hydrogen) atoms. The third-order valence-corrected chi connectivity index (χ3v) is 4.61. The molecule has 11 nitrogen and oxygen atoms in total. The quantitative estimate of drug-likeness (QED) is 0.174. The SMILES string of the molecule is NCCCC[C@H](NC(=O)[C@@H](N)CCC(N)=O)C(=O)N[C@@H](Cc1ccc(O)cc1)C(=O)O. The van der Waals surface area contributed by atoms with Crippen LogP contribution < -0.4 is 27.8 Å². The standard InChI is InChI=1S/C20H31N5O6/c21-10-2-1-3-15(24-18(28)14(22)8-9-17(23)27)19(29)25-16(20(30)31)11-12-4-6-13(26)7-5-12/h4-7,14-16,26H,1-3,8-11,21-22H2,(H2,23,27)(H,24,28)(H,25,29)(H,30,31)/t14-,15-,16-/m0/s1. The summed E-state index contributed by atoms with van der Waals surface area (Å²) in [7, 11) is 0. The van der Waals surface area contributed by atoms with E-state index in [1.54, 1.807) is 12.1 Å². The van der Waals surface area contributed by atoms with E-state index in [1.165, 1.54) is 12.1 Å². The molecule has 0 heterocycles. The van der Waals surface area contributed by atoms with Gasteiger partial charge in [0.1, 0.15) is 17.8 Å². The minimum atomic E-state index is -1.24. The fourth-order valence-corrected chi connectivity index (χ4v) is 2.81. The Morgan fingerprint density at radius 2 is 1.55 bits per heavy atom. The predicted molar refractivity (Wildman–Crippen MR) is 113 cm³/mol. The number of hydrogen-bond acceptors (Lipinski definition) is 7. The molecule has 3 atom stereocenters. The van der Waals surface area contributed by atoms with E-state index in [9.17, 15) is 29.4 Å². The molecule has 1 rings (SSSR count). The van der Waals surface area contributed by atoms with Crippen molar-refractivity contribution in [2.45, 2.75) is 56.7 Å². The minimum Gasteiger partial charge on any atom is -0.508 e. The smallest absolute Gasteiger partial charge is 0.326 e. The van der Waals surface area contributed by atoms with Crippen molar-refractivity contribution in [3.63, 3.8) is 0 Å². The van der Waals surface area contributed by atoms with Crippen molar-refractivity contribution in [3.05, 3.63) is 29.8 Å². The van der Waals surface area contributed by atoms with Gasteiger partial charge in [0, 0.05) is 12.8 Å². The molecule has 0 aliphatic heterocycles. The number of nitrogens with one attached hydrogen (secondary N) is 2. The summed E-state index contributed by atoms with van der Waals surface area (Å²) in [5.74, 6) is -3.11. The molecule has 0 aliphatic rings. The van der Waals surface area contributed by atoms with Crippen molar-refractivity contribution in [2.75, 3.05) is 6.54 Å². The van der Waals surface area contributed by atoms with Crippen LogP contribution in [0.25, 0.3) is 0 Å². The number of amides is 3. The van der Waals surface area contributed by atoms with E-state index in [0.717, 1.165) is 0 Å². The lowest BCUT2D eigenvalue weighted by molar-refractivity contribution is -0.142. The second kappa shape index (κ2) is 13.2. The lowest BCUT2D eigenvalue weighted by Crippen LogP contribution is -2.54. The number of carbonyl (C=O) groups excluding carboxylic acids is 3. The molecule has 0 aliphatic carbocycles. The van der Waals surface area contributed by atoms with E-state index in [1.807, 2.05) is 0 Å². The second-order valence-electron chi connectivity index (χ2n) is 7.23. The Morgan fingerprint density at radius 1 is 0.935 bits per heavy atom. The van der Waals surface area contributed by atoms with Crippen molar-refractivity contribution in [1.82, 2.24) is 10.6 Å². The summed E-state index contributed by atoms with van der Waals surface area (Å²) in [6.45, 7) is 0.402. The number of aliphatic carboxylic acids is 1. The molecule has 11 heteroatoms. The largest absolute Gasteiger partial charge is 0.508 e. The van der Waals surface area contributed by atoms with E-state index < -0.39 is 41.8 Å². The second-order valence-corrected chi connectivity index (χ2v) is 7.23. The van der Waals surface area contributed by atoms with Gasteiger partial charge in [0.25, 0.3) is 0 Å². The van der Waals surface area contributed by atoms with E-state index in [0.29, 0.717) is 24.9 Å². The zero-order valence-corrected chi connectivity index (χ0v) is 17.3. The molecule has 0 aromatic heterocycles. The maximum Gasteiger partial charge on any atom is 0.326 e. The van der Waals surface area contributed by atoms with Crippen molar-refractivity contribution < 1.29 is 29.4 Å². The normalized spacial score (nSPS) is 13.6. The van der Waals surface area contributed by atoms with Crippen LogP contribution in [0.15, 0.2) is 24.3 Å². The first-order valence-electron chi connectivity index (χ1n) is 9.99. The maximum atomic E-state index is 12.7. The van der Waals surface area contributed by atoms with Crippen molar-refractivity contribution in [3.8, 4) is 5.75 Å². The Bertz CT molecular complexity index is 755. The number of rotatable bonds is 14. The van der Waals surface area contributed by atoms with Crippen LogP contribution in [0.2, 0.25) is 0 Å². The van der Waals surface area contributed by atoms with Gasteiger partial charge < -0.3 is 38.0 Å². The third-order valence-electron chi connectivity index (χ3n) is 4.61. The number of phenolic OH excluding ortho intramolecular Hbond substituents is 1. The molecule has 0 unspecified atom stereocenters. The average Bonchev–Trinajstić information content (AvgIpc) is 2.72. The highest BCUT2D eigenvalue weighted by molar-refractivity contribution is 5.92. The Morgan fingerprint density at radius 3 is 2.10 bits per heavy atom. The first-order valence-corrected chi connectivity index (χ1v) is 9.99. The Hall–Kier alpha value is -3.18. The van der Waals surface area contributed by atoms with Crippen molar-refractivity contribution in [1.29, 1.82) is 0 Å². The predicted octanol–water partition coefficient (Wildman–Crippen LogP) is -1.29. The monoisotopic (exact) mass is 437 g/mol. The number of phenols is 1. The highest BCUT2D eigenvalue weighted by atomic mass is 16.4. The molecule has 0 bridgehead atoms. The van der Waals surface area contributed by atoms with Gasteiger partial charge in [-0.15, -0.1) is 0 Å². The molecule has 0 spiro atoms. The van der Waals surface area contributed by atoms with Gasteiger partial charge in [0.2, 0.25) is 17.7 Å². The van der Waals surface area contributed by atoms with Crippen molar-refractivity contribution >= 4 is 23.7 Å². The minimum absolute atomic E-state index is 0.0110. The molecular weight excluding hydrogens is 406 g/mol. The van der Waals surface area contributed by atoms with Crippen LogP contribution in [-0.4, -0.2) is 58.6 Å². The summed E-state index contributed by atoms with van der Waals surface area (Å²) in [4.78, 5) is 47.6. The molecule has 0 saturated carbocycles. The number of primary amides is 1. The number of carboxylic acid groups (broad SMARTS) is 1. The molecule has 10 N–H and O–H groups in total. The number of carbonyl (C=O) groups is 4. The number of aromatic hydroxyl groups is 1. The van der Waals surface area contributed by atoms with Gasteiger partial charge in [-0.1, -0.05) is 12.1 Å². The highest BCUT2D eigenvalue weighted by Crippen LogP contribution is 2.12. The molecule has 0 fully saturated rings. The average molecular weight is 437 g/mol. The van der Waals surface area contributed by atoms with Crippen LogP contribution in [0.4, 0.5) is 0 Å². The van der Waals surface area contributed by atoms with Gasteiger partial charge >= 0.3 is 5.97 Å². The van der Waals surface area contributed by atoms with Gasteiger partial charge in [-0.25, -0.2) is 4.79 Å². The first-order chi connectivity index (χ1) is 14.6. The molecule has 0 radical (unpaired) electrons. The van der Waals surface area contributed by atoms with Gasteiger partial charge in [-0.3, -0.25) is 14.4 Å². The first kappa shape index (κ1) is 25.9. The van der Waals surface area contributed by atoms with E-state index in [2.05, 4.69) is 10.6 Å². The highest BCUT2D eigenvalue weighted by Gasteiger charge is 2.28. The Kier molecular flexibility index (Phi) is 11.0. The molecule has 172 valence electrons. The summed E-state index contributed by atoms with van der Waals surface area (Å²) in [5, 5.41) is 23.8. The van der Waals surface area contributed by atoms with Gasteiger partial charge in [-0.2, -0.15) is 0 Å². The number of carboxylic acids is 1. The molecule has 1 aromatic carbocycles. The lowest BCUT2D eigenvalue weighted by Gasteiger charge is -2.23. The summed E-state index contributed by atoms with van der Waals surface area (Å²) >= 11 is 0. The van der Waals surface area contributed by atoms with E-state index >= 15 is 0 Å². The van der Waals surface area contributed by atoms with Crippen LogP contribution in [0.3, 0.4) is 0 Å². The van der Waals surface area contributed by atoms with Crippen LogP contribution in [0.1, 0.15) is 37.7 Å². The fraction of sp³-hybridized carbons (Fsp3) is 0.500. The summed E-state index contributed by atoms with van der Waals surface area (Å²) in [6.07, 6.45) is 1.32. The number of unbranched alkanes of at least 4 members (excludes halogenated alkanes) is 1. The van der Waals surface area contributed by atoms with Crippen LogP contribution in [-0.2, 0) is 25.6 Å². The number of benzene rings is 1. The van der Waals surface area contributed by atoms with Gasteiger partial charge in [-0.05, 0) is 49.9 Å². The molecule has 0 saturated heterocycles. The molecule has 1 aromatic rings. The van der Waals surface area contributed by atoms with E-state index in [-0.39, 0.29) is 31.4 Å². The van der Waals surface area contributed by atoms with Crippen LogP contribution in [0, 0.1) is 0 Å². The van der Waals surface area contributed by atoms with Crippen LogP contribution >= 0.6 is 0 Å². The Labute approximate surface area is 180 Å². The molecule has 3 amide bonds.